The molecule has 0 amide bonds. The summed E-state index contributed by atoms with van der Waals surface area (Å²) in [6.45, 7) is 2.92. The Bertz CT molecular complexity index is 271. The van der Waals surface area contributed by atoms with E-state index in [4.69, 9.17) is 4.42 Å². The average molecular weight is 182 g/mol. The molecule has 0 saturated heterocycles. The van der Waals surface area contributed by atoms with Crippen LogP contribution in [0.4, 0.5) is 0 Å². The van der Waals surface area contributed by atoms with Gasteiger partial charge in [0.25, 0.3) is 0 Å². The zero-order valence-electron chi connectivity index (χ0n) is 6.80. The van der Waals surface area contributed by atoms with Crippen LogP contribution in [0, 0.1) is 0 Å². The van der Waals surface area contributed by atoms with Gasteiger partial charge < -0.3 is 9.32 Å². The Labute approximate surface area is 75.5 Å². The molecule has 0 radical (unpaired) electrons. The highest BCUT2D eigenvalue weighted by atomic mass is 32.2. The summed E-state index contributed by atoms with van der Waals surface area (Å²) in [6, 6.07) is 0. The minimum Gasteiger partial charge on any atom is -0.447 e. The van der Waals surface area contributed by atoms with Crippen molar-refractivity contribution in [3.05, 3.63) is 30.0 Å². The van der Waals surface area contributed by atoms with Crippen LogP contribution in [0.5, 0.6) is 0 Å². The van der Waals surface area contributed by atoms with Crippen molar-refractivity contribution >= 4 is 11.8 Å². The lowest BCUT2D eigenvalue weighted by atomic mass is 10.5. The third-order valence-corrected chi connectivity index (χ3v) is 2.74. The van der Waals surface area contributed by atoms with Gasteiger partial charge in [-0.05, 0) is 12.3 Å². The first kappa shape index (κ1) is 7.73. The van der Waals surface area contributed by atoms with Crippen LogP contribution in [0.3, 0.4) is 0 Å². The summed E-state index contributed by atoms with van der Waals surface area (Å²) in [5, 5.41) is 2.59. The first-order valence-corrected chi connectivity index (χ1v) is 4.77. The quantitative estimate of drug-likeness (QED) is 0.700. The molecule has 1 aromatic heterocycles. The molecule has 12 heavy (non-hydrogen) atoms. The summed E-state index contributed by atoms with van der Waals surface area (Å²) in [4.78, 5) is 6.25. The molecule has 0 fully saturated rings. The number of nitrogens with zero attached hydrogens (tertiary/aromatic N) is 2. The Morgan fingerprint density at radius 3 is 3.25 bits per heavy atom. The van der Waals surface area contributed by atoms with E-state index in [-0.39, 0.29) is 0 Å². The lowest BCUT2D eigenvalue weighted by molar-refractivity contribution is 0.321. The van der Waals surface area contributed by atoms with E-state index in [1.807, 2.05) is 0 Å². The van der Waals surface area contributed by atoms with Gasteiger partial charge in [-0.15, -0.1) is 11.8 Å². The van der Waals surface area contributed by atoms with E-state index in [1.165, 1.54) is 0 Å². The standard InChI is InChI=1S/C8H10N2OS/c1-7-10(3-5-12-7)6-8-9-2-4-11-8/h2-5,7H,6H2,1H3. The zero-order chi connectivity index (χ0) is 8.39. The highest BCUT2D eigenvalue weighted by Gasteiger charge is 2.15. The fourth-order valence-electron chi connectivity index (χ4n) is 1.09. The maximum atomic E-state index is 5.15. The van der Waals surface area contributed by atoms with E-state index >= 15 is 0 Å². The molecule has 3 nitrogen and oxygen atoms in total. The van der Waals surface area contributed by atoms with Gasteiger partial charge in [0.15, 0.2) is 0 Å². The molecular weight excluding hydrogens is 172 g/mol. The molecule has 1 aromatic rings. The van der Waals surface area contributed by atoms with E-state index in [9.17, 15) is 0 Å². The van der Waals surface area contributed by atoms with E-state index in [1.54, 1.807) is 24.2 Å². The van der Waals surface area contributed by atoms with Crippen LogP contribution < -0.4 is 0 Å². The Morgan fingerprint density at radius 2 is 2.67 bits per heavy atom. The van der Waals surface area contributed by atoms with Crippen LogP contribution in [0.15, 0.2) is 28.5 Å². The van der Waals surface area contributed by atoms with Crippen LogP contribution >= 0.6 is 11.8 Å². The number of rotatable bonds is 2. The topological polar surface area (TPSA) is 29.3 Å². The summed E-state index contributed by atoms with van der Waals surface area (Å²) in [5.41, 5.74) is 0. The smallest absolute Gasteiger partial charge is 0.213 e. The first-order chi connectivity index (χ1) is 5.86. The number of hydrogen-bond donors (Lipinski definition) is 0. The van der Waals surface area contributed by atoms with Gasteiger partial charge in [-0.25, -0.2) is 4.98 Å². The van der Waals surface area contributed by atoms with Crippen molar-refractivity contribution in [1.29, 1.82) is 0 Å². The third-order valence-electron chi connectivity index (χ3n) is 1.80. The highest BCUT2D eigenvalue weighted by Crippen LogP contribution is 2.25. The van der Waals surface area contributed by atoms with Gasteiger partial charge >= 0.3 is 0 Å². The second-order valence-electron chi connectivity index (χ2n) is 2.62. The molecule has 0 spiro atoms. The Hall–Kier alpha value is -0.900. The fraction of sp³-hybridized carbons (Fsp3) is 0.375. The molecule has 1 atom stereocenters. The summed E-state index contributed by atoms with van der Waals surface area (Å²) < 4.78 is 5.15. The van der Waals surface area contributed by atoms with Gasteiger partial charge in [0.05, 0.1) is 18.1 Å². The second-order valence-corrected chi connectivity index (χ2v) is 3.85. The molecule has 0 bridgehead atoms. The predicted octanol–water partition coefficient (Wildman–Crippen LogP) is 2.04. The Kier molecular flexibility index (Phi) is 2.08. The van der Waals surface area contributed by atoms with Crippen molar-refractivity contribution in [3.63, 3.8) is 0 Å². The maximum absolute atomic E-state index is 5.15. The maximum Gasteiger partial charge on any atom is 0.213 e. The molecule has 4 heteroatoms. The van der Waals surface area contributed by atoms with E-state index in [0.717, 1.165) is 12.4 Å². The number of oxazole rings is 1. The van der Waals surface area contributed by atoms with Crippen molar-refractivity contribution in [2.24, 2.45) is 0 Å². The predicted molar refractivity (Wildman–Crippen MR) is 48.2 cm³/mol. The van der Waals surface area contributed by atoms with Crippen molar-refractivity contribution in [3.8, 4) is 0 Å². The number of aromatic nitrogens is 1. The average Bonchev–Trinajstić information content (AvgIpc) is 2.65. The fourth-order valence-corrected chi connectivity index (χ4v) is 1.85. The van der Waals surface area contributed by atoms with Crippen LogP contribution in [0.1, 0.15) is 12.8 Å². The summed E-state index contributed by atoms with van der Waals surface area (Å²) in [7, 11) is 0. The molecule has 64 valence electrons. The van der Waals surface area contributed by atoms with Crippen LogP contribution in [0.2, 0.25) is 0 Å². The first-order valence-electron chi connectivity index (χ1n) is 3.82. The molecule has 1 unspecified atom stereocenters. The van der Waals surface area contributed by atoms with Crippen LogP contribution in [0.25, 0.3) is 0 Å². The lowest BCUT2D eigenvalue weighted by Gasteiger charge is -2.18. The monoisotopic (exact) mass is 182 g/mol. The zero-order valence-corrected chi connectivity index (χ0v) is 7.62. The molecule has 1 aliphatic rings. The second kappa shape index (κ2) is 3.23. The molecule has 0 aromatic carbocycles. The summed E-state index contributed by atoms with van der Waals surface area (Å²) >= 11 is 1.80. The van der Waals surface area contributed by atoms with Gasteiger partial charge in [-0.2, -0.15) is 0 Å². The van der Waals surface area contributed by atoms with Crippen molar-refractivity contribution < 1.29 is 4.42 Å². The number of thioether (sulfide) groups is 1. The number of hydrogen-bond acceptors (Lipinski definition) is 4. The van der Waals surface area contributed by atoms with Crippen LogP contribution in [-0.4, -0.2) is 15.3 Å². The molecule has 0 N–H and O–H groups in total. The summed E-state index contributed by atoms with van der Waals surface area (Å²) in [6.07, 6.45) is 5.35. The third kappa shape index (κ3) is 1.48. The van der Waals surface area contributed by atoms with Gasteiger partial charge in [0.2, 0.25) is 5.89 Å². The van der Waals surface area contributed by atoms with Gasteiger partial charge in [0, 0.05) is 6.20 Å². The highest BCUT2D eigenvalue weighted by molar-refractivity contribution is 8.02. The molecule has 2 heterocycles. The minimum absolute atomic E-state index is 0.497. The Balaban J connectivity index is 1.99. The van der Waals surface area contributed by atoms with Crippen molar-refractivity contribution in [2.45, 2.75) is 18.8 Å². The normalized spacial score (nSPS) is 22.1. The molecular formula is C8H10N2OS. The Morgan fingerprint density at radius 1 is 1.75 bits per heavy atom. The molecule has 1 aliphatic heterocycles. The van der Waals surface area contributed by atoms with Crippen molar-refractivity contribution in [2.75, 3.05) is 0 Å². The van der Waals surface area contributed by atoms with E-state index in [2.05, 4.69) is 28.4 Å². The minimum atomic E-state index is 0.497. The molecule has 2 rings (SSSR count). The SMILES string of the molecule is CC1SC=CN1Cc1ncco1. The van der Waals surface area contributed by atoms with Gasteiger partial charge in [0.1, 0.15) is 6.26 Å². The van der Waals surface area contributed by atoms with Gasteiger partial charge in [-0.3, -0.25) is 0 Å². The van der Waals surface area contributed by atoms with Crippen molar-refractivity contribution in [1.82, 2.24) is 9.88 Å². The van der Waals surface area contributed by atoms with E-state index in [0.29, 0.717) is 5.37 Å². The van der Waals surface area contributed by atoms with Gasteiger partial charge in [-0.1, -0.05) is 0 Å². The lowest BCUT2D eigenvalue weighted by Crippen LogP contribution is -2.21. The van der Waals surface area contributed by atoms with E-state index < -0.39 is 0 Å². The molecule has 0 aliphatic carbocycles. The largest absolute Gasteiger partial charge is 0.447 e. The van der Waals surface area contributed by atoms with Crippen LogP contribution in [-0.2, 0) is 6.54 Å². The molecule has 0 saturated carbocycles. The summed E-state index contributed by atoms with van der Waals surface area (Å²) in [5.74, 6) is 0.772.